The molecule has 0 fully saturated rings. The molecule has 0 spiro atoms. The molecule has 1 aromatic carbocycles. The first kappa shape index (κ1) is 21.4. The summed E-state index contributed by atoms with van der Waals surface area (Å²) in [6.07, 6.45) is -3.15. The van der Waals surface area contributed by atoms with Crippen molar-refractivity contribution in [1.29, 1.82) is 0 Å². The van der Waals surface area contributed by atoms with Gasteiger partial charge in [0, 0.05) is 12.7 Å². The van der Waals surface area contributed by atoms with Crippen LogP contribution in [0.25, 0.3) is 5.69 Å². The Hall–Kier alpha value is -3.27. The van der Waals surface area contributed by atoms with Crippen LogP contribution in [0, 0.1) is 6.92 Å². The van der Waals surface area contributed by atoms with Gasteiger partial charge in [-0.05, 0) is 63.0 Å². The van der Waals surface area contributed by atoms with Gasteiger partial charge in [0.25, 0.3) is 0 Å². The van der Waals surface area contributed by atoms with Crippen LogP contribution >= 0.6 is 0 Å². The summed E-state index contributed by atoms with van der Waals surface area (Å²) >= 11 is 0. The number of ether oxygens (including phenoxy) is 1. The van der Waals surface area contributed by atoms with Gasteiger partial charge < -0.3 is 14.7 Å². The first-order valence-electron chi connectivity index (χ1n) is 9.01. The zero-order valence-corrected chi connectivity index (χ0v) is 16.6. The molecule has 0 aliphatic rings. The quantitative estimate of drug-likeness (QED) is 0.661. The van der Waals surface area contributed by atoms with E-state index in [-0.39, 0.29) is 18.1 Å². The molecule has 1 N–H and O–H groups in total. The third-order valence-electron chi connectivity index (χ3n) is 4.39. The molecule has 2 aromatic heterocycles. The standard InChI is InChI=1S/C20H21F3N4O3/c1-13-18(28)27(16-4-6-17(7-5-16)30-20(21,22)23)19(29)26(13)11-14-8-9-24-15(10-14)12-25(2)3/h4-10,28H,11-12H2,1-3H3. The second-order valence-corrected chi connectivity index (χ2v) is 7.05. The third-order valence-corrected chi connectivity index (χ3v) is 4.39. The van der Waals surface area contributed by atoms with Gasteiger partial charge in [-0.25, -0.2) is 9.36 Å². The summed E-state index contributed by atoms with van der Waals surface area (Å²) in [6, 6.07) is 8.36. The number of alkyl halides is 3. The number of benzene rings is 1. The summed E-state index contributed by atoms with van der Waals surface area (Å²) < 4.78 is 43.2. The SMILES string of the molecule is Cc1c(O)n(-c2ccc(OC(F)(F)F)cc2)c(=O)n1Cc1ccnc(CN(C)C)c1. The molecule has 0 bridgehead atoms. The maximum atomic E-state index is 12.9. The van der Waals surface area contributed by atoms with E-state index >= 15 is 0 Å². The largest absolute Gasteiger partial charge is 0.573 e. The highest BCUT2D eigenvalue weighted by Gasteiger charge is 2.31. The molecule has 0 aliphatic carbocycles. The van der Waals surface area contributed by atoms with E-state index in [1.54, 1.807) is 19.2 Å². The summed E-state index contributed by atoms with van der Waals surface area (Å²) in [5, 5.41) is 10.5. The van der Waals surface area contributed by atoms with E-state index in [2.05, 4.69) is 9.72 Å². The lowest BCUT2D eigenvalue weighted by atomic mass is 10.2. The van der Waals surface area contributed by atoms with Gasteiger partial charge >= 0.3 is 12.1 Å². The molecule has 2 heterocycles. The minimum atomic E-state index is -4.81. The zero-order chi connectivity index (χ0) is 22.1. The van der Waals surface area contributed by atoms with Crippen LogP contribution in [0.15, 0.2) is 47.4 Å². The average molecular weight is 422 g/mol. The highest BCUT2D eigenvalue weighted by Crippen LogP contribution is 2.26. The van der Waals surface area contributed by atoms with E-state index in [4.69, 9.17) is 0 Å². The van der Waals surface area contributed by atoms with Crippen molar-refractivity contribution >= 4 is 0 Å². The number of imidazole rings is 1. The van der Waals surface area contributed by atoms with Crippen LogP contribution in [-0.2, 0) is 13.1 Å². The van der Waals surface area contributed by atoms with Crippen LogP contribution in [0.1, 0.15) is 17.0 Å². The number of pyridine rings is 1. The molecule has 30 heavy (non-hydrogen) atoms. The van der Waals surface area contributed by atoms with E-state index in [1.165, 1.54) is 16.7 Å². The van der Waals surface area contributed by atoms with Gasteiger partial charge in [-0.3, -0.25) is 9.55 Å². The van der Waals surface area contributed by atoms with Gasteiger partial charge in [-0.1, -0.05) is 0 Å². The molecule has 3 rings (SSSR count). The van der Waals surface area contributed by atoms with Crippen molar-refractivity contribution in [3.63, 3.8) is 0 Å². The minimum absolute atomic E-state index is 0.212. The lowest BCUT2D eigenvalue weighted by molar-refractivity contribution is -0.274. The first-order chi connectivity index (χ1) is 14.0. The predicted octanol–water partition coefficient (Wildman–Crippen LogP) is 3.06. The van der Waals surface area contributed by atoms with Crippen molar-refractivity contribution in [1.82, 2.24) is 19.0 Å². The van der Waals surface area contributed by atoms with E-state index in [9.17, 15) is 23.1 Å². The van der Waals surface area contributed by atoms with Gasteiger partial charge in [-0.15, -0.1) is 13.2 Å². The van der Waals surface area contributed by atoms with E-state index in [1.807, 2.05) is 25.1 Å². The fraction of sp³-hybridized carbons (Fsp3) is 0.300. The van der Waals surface area contributed by atoms with Crippen molar-refractivity contribution < 1.29 is 23.0 Å². The molecular formula is C20H21F3N4O3. The Kier molecular flexibility index (Phi) is 5.88. The molecule has 3 aromatic rings. The minimum Gasteiger partial charge on any atom is -0.493 e. The van der Waals surface area contributed by atoms with E-state index < -0.39 is 17.8 Å². The normalized spacial score (nSPS) is 11.8. The number of halogens is 3. The average Bonchev–Trinajstić information content (AvgIpc) is 2.85. The number of hydrogen-bond acceptors (Lipinski definition) is 5. The van der Waals surface area contributed by atoms with Crippen molar-refractivity contribution in [3.05, 3.63) is 70.0 Å². The first-order valence-corrected chi connectivity index (χ1v) is 9.01. The maximum absolute atomic E-state index is 12.9. The van der Waals surface area contributed by atoms with Gasteiger partial charge in [0.15, 0.2) is 0 Å². The molecule has 0 unspecified atom stereocenters. The Morgan fingerprint density at radius 2 is 1.83 bits per heavy atom. The van der Waals surface area contributed by atoms with Gasteiger partial charge in [-0.2, -0.15) is 0 Å². The van der Waals surface area contributed by atoms with Crippen LogP contribution in [0.2, 0.25) is 0 Å². The second kappa shape index (κ2) is 8.23. The Morgan fingerprint density at radius 3 is 2.43 bits per heavy atom. The Labute approximate surface area is 170 Å². The fourth-order valence-corrected chi connectivity index (χ4v) is 3.07. The summed E-state index contributed by atoms with van der Waals surface area (Å²) in [7, 11) is 3.85. The van der Waals surface area contributed by atoms with Gasteiger partial charge in [0.05, 0.1) is 23.6 Å². The molecule has 0 saturated carbocycles. The molecule has 0 atom stereocenters. The summed E-state index contributed by atoms with van der Waals surface area (Å²) in [5.74, 6) is -0.702. The molecule has 160 valence electrons. The predicted molar refractivity (Wildman–Crippen MR) is 104 cm³/mol. The van der Waals surface area contributed by atoms with Gasteiger partial charge in [0.2, 0.25) is 5.88 Å². The van der Waals surface area contributed by atoms with Crippen molar-refractivity contribution in [2.75, 3.05) is 14.1 Å². The molecule has 0 radical (unpaired) electrons. The number of aromatic nitrogens is 3. The van der Waals surface area contributed by atoms with Crippen molar-refractivity contribution in [2.24, 2.45) is 0 Å². The topological polar surface area (TPSA) is 72.5 Å². The highest BCUT2D eigenvalue weighted by molar-refractivity contribution is 5.41. The summed E-state index contributed by atoms with van der Waals surface area (Å²) in [6.45, 7) is 2.44. The third kappa shape index (κ3) is 4.82. The lowest BCUT2D eigenvalue weighted by Gasteiger charge is -2.10. The van der Waals surface area contributed by atoms with Gasteiger partial charge in [0.1, 0.15) is 5.75 Å². The zero-order valence-electron chi connectivity index (χ0n) is 16.6. The lowest BCUT2D eigenvalue weighted by Crippen LogP contribution is -2.24. The Balaban J connectivity index is 1.92. The Bertz CT molecular complexity index is 1090. The van der Waals surface area contributed by atoms with E-state index in [0.717, 1.165) is 28.0 Å². The van der Waals surface area contributed by atoms with Crippen molar-refractivity contribution in [2.45, 2.75) is 26.4 Å². The molecule has 0 amide bonds. The number of nitrogens with zero attached hydrogens (tertiary/aromatic N) is 4. The fourth-order valence-electron chi connectivity index (χ4n) is 3.07. The number of hydrogen-bond donors (Lipinski definition) is 1. The number of rotatable bonds is 6. The van der Waals surface area contributed by atoms with Crippen molar-refractivity contribution in [3.8, 4) is 17.3 Å². The molecular weight excluding hydrogens is 401 g/mol. The Morgan fingerprint density at radius 1 is 1.17 bits per heavy atom. The molecule has 0 saturated heterocycles. The van der Waals surface area contributed by atoms with Crippen LogP contribution in [0.3, 0.4) is 0 Å². The second-order valence-electron chi connectivity index (χ2n) is 7.05. The molecule has 0 aliphatic heterocycles. The highest BCUT2D eigenvalue weighted by atomic mass is 19.4. The monoisotopic (exact) mass is 422 g/mol. The summed E-state index contributed by atoms with van der Waals surface area (Å²) in [4.78, 5) is 19.2. The van der Waals surface area contributed by atoms with Crippen LogP contribution < -0.4 is 10.4 Å². The van der Waals surface area contributed by atoms with E-state index in [0.29, 0.717) is 12.2 Å². The molecule has 7 nitrogen and oxygen atoms in total. The number of aromatic hydroxyl groups is 1. The maximum Gasteiger partial charge on any atom is 0.573 e. The summed E-state index contributed by atoms with van der Waals surface area (Å²) in [5.41, 5.74) is 1.71. The van der Waals surface area contributed by atoms with Crippen LogP contribution in [-0.4, -0.2) is 44.6 Å². The van der Waals surface area contributed by atoms with Crippen LogP contribution in [0.5, 0.6) is 11.6 Å². The smallest absolute Gasteiger partial charge is 0.493 e. The van der Waals surface area contributed by atoms with Crippen LogP contribution in [0.4, 0.5) is 13.2 Å². The molecule has 10 heteroatoms.